The summed E-state index contributed by atoms with van der Waals surface area (Å²) in [4.78, 5) is 23.4. The number of ketones is 1. The van der Waals surface area contributed by atoms with Crippen LogP contribution >= 0.6 is 15.9 Å². The van der Waals surface area contributed by atoms with Crippen molar-refractivity contribution in [2.75, 3.05) is 0 Å². The van der Waals surface area contributed by atoms with Gasteiger partial charge in [-0.1, -0.05) is 28.1 Å². The van der Waals surface area contributed by atoms with Crippen molar-refractivity contribution in [2.45, 2.75) is 12.8 Å². The lowest BCUT2D eigenvalue weighted by Gasteiger charge is -2.24. The van der Waals surface area contributed by atoms with Gasteiger partial charge in [0.05, 0.1) is 11.5 Å². The fraction of sp³-hybridized carbons (Fsp3) is 0.286. The van der Waals surface area contributed by atoms with Crippen LogP contribution in [0.4, 0.5) is 4.39 Å². The largest absolute Gasteiger partial charge is 0.481 e. The first-order chi connectivity index (χ1) is 9.00. The van der Waals surface area contributed by atoms with Crippen LogP contribution in [0.15, 0.2) is 34.8 Å². The van der Waals surface area contributed by atoms with Gasteiger partial charge in [-0.05, 0) is 31.0 Å². The Balaban J connectivity index is 2.32. The lowest BCUT2D eigenvalue weighted by atomic mass is 9.78. The molecule has 0 heterocycles. The van der Waals surface area contributed by atoms with E-state index in [1.165, 1.54) is 12.1 Å². The van der Waals surface area contributed by atoms with Gasteiger partial charge in [0.25, 0.3) is 0 Å². The highest BCUT2D eigenvalue weighted by Gasteiger charge is 2.35. The van der Waals surface area contributed by atoms with Gasteiger partial charge in [0.15, 0.2) is 5.78 Å². The van der Waals surface area contributed by atoms with Crippen LogP contribution in [0, 0.1) is 17.7 Å². The van der Waals surface area contributed by atoms with Crippen LogP contribution in [-0.2, 0) is 4.79 Å². The third kappa shape index (κ3) is 2.92. The third-order valence-corrected chi connectivity index (χ3v) is 3.78. The molecular weight excluding hydrogens is 315 g/mol. The van der Waals surface area contributed by atoms with Crippen LogP contribution in [0.5, 0.6) is 0 Å². The van der Waals surface area contributed by atoms with Gasteiger partial charge in [0.1, 0.15) is 5.82 Å². The van der Waals surface area contributed by atoms with Crippen molar-refractivity contribution in [3.63, 3.8) is 0 Å². The zero-order valence-corrected chi connectivity index (χ0v) is 11.6. The number of rotatable bonds is 3. The molecule has 5 heteroatoms. The summed E-state index contributed by atoms with van der Waals surface area (Å²) in [5.41, 5.74) is -0.0465. The summed E-state index contributed by atoms with van der Waals surface area (Å²) in [7, 11) is 0. The molecule has 1 aliphatic rings. The van der Waals surface area contributed by atoms with Crippen LogP contribution in [0.25, 0.3) is 0 Å². The summed E-state index contributed by atoms with van der Waals surface area (Å²) in [6.07, 6.45) is 4.18. The molecule has 1 N–H and O–H groups in total. The molecule has 19 heavy (non-hydrogen) atoms. The number of benzene rings is 1. The lowest BCUT2D eigenvalue weighted by Crippen LogP contribution is -2.31. The van der Waals surface area contributed by atoms with Crippen LogP contribution in [0.3, 0.4) is 0 Å². The predicted molar refractivity (Wildman–Crippen MR) is 71.4 cm³/mol. The molecule has 1 aromatic rings. The first kappa shape index (κ1) is 13.9. The van der Waals surface area contributed by atoms with Gasteiger partial charge in [-0.2, -0.15) is 0 Å². The molecule has 0 amide bonds. The fourth-order valence-corrected chi connectivity index (χ4v) is 2.60. The number of hydrogen-bond acceptors (Lipinski definition) is 2. The highest BCUT2D eigenvalue weighted by Crippen LogP contribution is 2.30. The zero-order chi connectivity index (χ0) is 14.0. The van der Waals surface area contributed by atoms with E-state index in [1.54, 1.807) is 18.2 Å². The number of halogens is 2. The standard InChI is InChI=1S/C14H12BrFO3/c15-8-5-6-11(12(16)7-8)13(17)9-3-1-2-4-10(9)14(18)19/h1-2,5-7,9-10H,3-4H2,(H,18,19). The van der Waals surface area contributed by atoms with Crippen molar-refractivity contribution >= 4 is 27.7 Å². The minimum Gasteiger partial charge on any atom is -0.481 e. The summed E-state index contributed by atoms with van der Waals surface area (Å²) in [6, 6.07) is 4.17. The van der Waals surface area contributed by atoms with E-state index in [0.29, 0.717) is 17.3 Å². The molecule has 1 aromatic carbocycles. The van der Waals surface area contributed by atoms with Crippen LogP contribution in [0.1, 0.15) is 23.2 Å². The van der Waals surface area contributed by atoms with Crippen LogP contribution < -0.4 is 0 Å². The van der Waals surface area contributed by atoms with Gasteiger partial charge >= 0.3 is 5.97 Å². The molecule has 0 aromatic heterocycles. The Morgan fingerprint density at radius 1 is 1.21 bits per heavy atom. The Bertz CT molecular complexity index is 554. The second kappa shape index (κ2) is 5.65. The molecule has 0 spiro atoms. The van der Waals surface area contributed by atoms with E-state index in [0.717, 1.165) is 0 Å². The van der Waals surface area contributed by atoms with Gasteiger partial charge in [-0.3, -0.25) is 9.59 Å². The summed E-state index contributed by atoms with van der Waals surface area (Å²) in [6.45, 7) is 0. The number of carboxylic acid groups (broad SMARTS) is 1. The van der Waals surface area contributed by atoms with Crippen molar-refractivity contribution < 1.29 is 19.1 Å². The van der Waals surface area contributed by atoms with Crippen LogP contribution in [-0.4, -0.2) is 16.9 Å². The highest BCUT2D eigenvalue weighted by atomic mass is 79.9. The number of Topliss-reactive ketones (excluding diaryl/α,β-unsaturated/α-hetero) is 1. The fourth-order valence-electron chi connectivity index (χ4n) is 2.27. The molecule has 3 nitrogen and oxygen atoms in total. The molecule has 0 saturated carbocycles. The maximum Gasteiger partial charge on any atom is 0.307 e. The van der Waals surface area contributed by atoms with Gasteiger partial charge in [0.2, 0.25) is 0 Å². The summed E-state index contributed by atoms with van der Waals surface area (Å²) < 4.78 is 14.3. The first-order valence-electron chi connectivity index (χ1n) is 5.87. The van der Waals surface area contributed by atoms with Crippen molar-refractivity contribution in [1.29, 1.82) is 0 Å². The van der Waals surface area contributed by atoms with E-state index in [9.17, 15) is 14.0 Å². The average molecular weight is 327 g/mol. The van der Waals surface area contributed by atoms with E-state index in [2.05, 4.69) is 15.9 Å². The molecule has 0 saturated heterocycles. The molecule has 100 valence electrons. The monoisotopic (exact) mass is 326 g/mol. The quantitative estimate of drug-likeness (QED) is 0.683. The van der Waals surface area contributed by atoms with Gasteiger partial charge in [0, 0.05) is 10.4 Å². The van der Waals surface area contributed by atoms with E-state index in [4.69, 9.17) is 5.11 Å². The molecule has 2 rings (SSSR count). The van der Waals surface area contributed by atoms with Gasteiger partial charge < -0.3 is 5.11 Å². The number of carboxylic acids is 1. The molecular formula is C14H12BrFO3. The molecule has 0 fully saturated rings. The maximum absolute atomic E-state index is 13.8. The minimum absolute atomic E-state index is 0.0465. The normalized spacial score (nSPS) is 22.2. The Hall–Kier alpha value is -1.49. The van der Waals surface area contributed by atoms with Crippen molar-refractivity contribution in [2.24, 2.45) is 11.8 Å². The molecule has 2 unspecified atom stereocenters. The Morgan fingerprint density at radius 2 is 1.84 bits per heavy atom. The predicted octanol–water partition coefficient (Wildman–Crippen LogP) is 3.44. The summed E-state index contributed by atoms with van der Waals surface area (Å²) in [5.74, 6) is -3.56. The average Bonchev–Trinajstić information content (AvgIpc) is 2.38. The van der Waals surface area contributed by atoms with E-state index < -0.39 is 29.4 Å². The van der Waals surface area contributed by atoms with E-state index in [1.807, 2.05) is 0 Å². The molecule has 0 bridgehead atoms. The molecule has 2 atom stereocenters. The first-order valence-corrected chi connectivity index (χ1v) is 6.67. The van der Waals surface area contributed by atoms with E-state index in [-0.39, 0.29) is 5.56 Å². The van der Waals surface area contributed by atoms with Crippen molar-refractivity contribution in [1.82, 2.24) is 0 Å². The Kier molecular flexibility index (Phi) is 4.14. The third-order valence-electron chi connectivity index (χ3n) is 3.28. The van der Waals surface area contributed by atoms with Crippen LogP contribution in [0.2, 0.25) is 0 Å². The SMILES string of the molecule is O=C(O)C1CC=CCC1C(=O)c1ccc(Br)cc1F. The smallest absolute Gasteiger partial charge is 0.307 e. The lowest BCUT2D eigenvalue weighted by molar-refractivity contribution is -0.143. The maximum atomic E-state index is 13.8. The zero-order valence-electron chi connectivity index (χ0n) is 9.98. The summed E-state index contributed by atoms with van der Waals surface area (Å²) in [5, 5.41) is 9.13. The van der Waals surface area contributed by atoms with Gasteiger partial charge in [-0.25, -0.2) is 4.39 Å². The Labute approximate surface area is 118 Å². The Morgan fingerprint density at radius 3 is 2.42 bits per heavy atom. The molecule has 0 radical (unpaired) electrons. The summed E-state index contributed by atoms with van der Waals surface area (Å²) >= 11 is 3.12. The molecule has 1 aliphatic carbocycles. The number of carbonyl (C=O) groups excluding carboxylic acids is 1. The van der Waals surface area contributed by atoms with Crippen molar-refractivity contribution in [3.05, 3.63) is 46.2 Å². The number of carbonyl (C=O) groups is 2. The second-order valence-electron chi connectivity index (χ2n) is 4.48. The molecule has 0 aliphatic heterocycles. The number of allylic oxidation sites excluding steroid dienone is 2. The van der Waals surface area contributed by atoms with E-state index >= 15 is 0 Å². The number of hydrogen-bond donors (Lipinski definition) is 1. The minimum atomic E-state index is -1.01. The number of aliphatic carboxylic acids is 1. The second-order valence-corrected chi connectivity index (χ2v) is 5.40. The topological polar surface area (TPSA) is 54.4 Å². The van der Waals surface area contributed by atoms with Crippen molar-refractivity contribution in [3.8, 4) is 0 Å². The highest BCUT2D eigenvalue weighted by molar-refractivity contribution is 9.10. The van der Waals surface area contributed by atoms with Gasteiger partial charge in [-0.15, -0.1) is 0 Å².